The Morgan fingerprint density at radius 1 is 1.85 bits per heavy atom. The van der Waals surface area contributed by atoms with Crippen LogP contribution in [-0.2, 0) is 11.3 Å². The van der Waals surface area contributed by atoms with Crippen molar-refractivity contribution in [2.75, 3.05) is 6.54 Å². The summed E-state index contributed by atoms with van der Waals surface area (Å²) in [4.78, 5) is 21.9. The molecule has 0 aliphatic rings. The zero-order chi connectivity index (χ0) is 9.68. The number of rotatable bonds is 3. The van der Waals surface area contributed by atoms with Crippen molar-refractivity contribution in [2.24, 2.45) is 0 Å². The van der Waals surface area contributed by atoms with Gasteiger partial charge in [-0.25, -0.2) is 9.89 Å². The maximum atomic E-state index is 11.0. The van der Waals surface area contributed by atoms with Gasteiger partial charge in [0.2, 0.25) is 5.91 Å². The molecule has 0 radical (unpaired) electrons. The molecule has 1 aromatic heterocycles. The number of terminal acetylenes is 1. The van der Waals surface area contributed by atoms with Crippen LogP contribution in [0.15, 0.2) is 11.1 Å². The molecule has 0 fully saturated rings. The number of hydrogen-bond acceptors (Lipinski definition) is 3. The van der Waals surface area contributed by atoms with Crippen LogP contribution in [0.1, 0.15) is 0 Å². The molecule has 68 valence electrons. The fourth-order valence-corrected chi connectivity index (χ4v) is 0.743. The number of carbonyl (C=O) groups is 1. The van der Waals surface area contributed by atoms with Crippen molar-refractivity contribution >= 4 is 5.91 Å². The van der Waals surface area contributed by atoms with Crippen LogP contribution in [0.3, 0.4) is 0 Å². The molecule has 0 saturated carbocycles. The average Bonchev–Trinajstić information content (AvgIpc) is 2.48. The zero-order valence-electron chi connectivity index (χ0n) is 6.78. The fraction of sp³-hybridized carbons (Fsp3) is 0.286. The maximum absolute atomic E-state index is 11.0. The van der Waals surface area contributed by atoms with Gasteiger partial charge >= 0.3 is 5.69 Å². The number of carbonyl (C=O) groups excluding carboxylic acids is 1. The summed E-state index contributed by atoms with van der Waals surface area (Å²) >= 11 is 0. The first-order chi connectivity index (χ1) is 6.24. The van der Waals surface area contributed by atoms with Gasteiger partial charge in [-0.2, -0.15) is 5.10 Å². The first-order valence-corrected chi connectivity index (χ1v) is 3.54. The number of aromatic nitrogens is 3. The van der Waals surface area contributed by atoms with Crippen LogP contribution in [0.4, 0.5) is 0 Å². The van der Waals surface area contributed by atoms with Crippen molar-refractivity contribution in [1.29, 1.82) is 0 Å². The Morgan fingerprint density at radius 2 is 2.62 bits per heavy atom. The predicted molar refractivity (Wildman–Crippen MR) is 44.7 cm³/mol. The van der Waals surface area contributed by atoms with Crippen molar-refractivity contribution in [1.82, 2.24) is 20.1 Å². The molecule has 6 nitrogen and oxygen atoms in total. The van der Waals surface area contributed by atoms with E-state index in [4.69, 9.17) is 6.42 Å². The van der Waals surface area contributed by atoms with Gasteiger partial charge in [-0.3, -0.25) is 9.36 Å². The number of nitrogens with one attached hydrogen (secondary N) is 2. The standard InChI is InChI=1S/C7H8N4O2/c1-2-3-8-6(12)4-11-5-9-10-7(11)13/h1,5H,3-4H2,(H,8,12)(H,10,13). The smallest absolute Gasteiger partial charge is 0.343 e. The Bertz CT molecular complexity index is 384. The minimum atomic E-state index is -0.421. The van der Waals surface area contributed by atoms with Crippen LogP contribution in [0.2, 0.25) is 0 Å². The summed E-state index contributed by atoms with van der Waals surface area (Å²) in [5.41, 5.74) is -0.421. The summed E-state index contributed by atoms with van der Waals surface area (Å²) in [6, 6.07) is 0. The maximum Gasteiger partial charge on any atom is 0.343 e. The largest absolute Gasteiger partial charge is 0.344 e. The predicted octanol–water partition coefficient (Wildman–Crippen LogP) is -1.68. The molecule has 1 rings (SSSR count). The molecule has 2 N–H and O–H groups in total. The monoisotopic (exact) mass is 180 g/mol. The Kier molecular flexibility index (Phi) is 2.87. The van der Waals surface area contributed by atoms with Crippen molar-refractivity contribution in [2.45, 2.75) is 6.54 Å². The second kappa shape index (κ2) is 4.11. The normalized spacial score (nSPS) is 9.15. The molecule has 0 spiro atoms. The molecular formula is C7H8N4O2. The van der Waals surface area contributed by atoms with Crippen LogP contribution in [0.5, 0.6) is 0 Å². The van der Waals surface area contributed by atoms with Gasteiger partial charge in [0.1, 0.15) is 12.9 Å². The van der Waals surface area contributed by atoms with E-state index in [1.54, 1.807) is 0 Å². The van der Waals surface area contributed by atoms with E-state index in [-0.39, 0.29) is 19.0 Å². The molecule has 0 saturated heterocycles. The summed E-state index contributed by atoms with van der Waals surface area (Å²) in [6.45, 7) is 0.0858. The first-order valence-electron chi connectivity index (χ1n) is 3.54. The van der Waals surface area contributed by atoms with Crippen LogP contribution in [0.25, 0.3) is 0 Å². The molecule has 0 atom stereocenters. The van der Waals surface area contributed by atoms with Gasteiger partial charge in [-0.15, -0.1) is 6.42 Å². The highest BCUT2D eigenvalue weighted by molar-refractivity contribution is 5.75. The van der Waals surface area contributed by atoms with Gasteiger partial charge in [0.05, 0.1) is 6.54 Å². The second-order valence-corrected chi connectivity index (χ2v) is 2.27. The molecule has 0 aromatic carbocycles. The molecule has 0 unspecified atom stereocenters. The van der Waals surface area contributed by atoms with E-state index in [9.17, 15) is 9.59 Å². The summed E-state index contributed by atoms with van der Waals surface area (Å²) in [5, 5.41) is 8.05. The lowest BCUT2D eigenvalue weighted by Crippen LogP contribution is -2.31. The average molecular weight is 180 g/mol. The van der Waals surface area contributed by atoms with Gasteiger partial charge in [0, 0.05) is 0 Å². The van der Waals surface area contributed by atoms with E-state index in [1.165, 1.54) is 6.33 Å². The topological polar surface area (TPSA) is 79.8 Å². The number of nitrogens with zero attached hydrogens (tertiary/aromatic N) is 2. The number of amides is 1. The fourth-order valence-electron chi connectivity index (χ4n) is 0.743. The Balaban J connectivity index is 2.51. The van der Waals surface area contributed by atoms with Crippen molar-refractivity contribution in [3.05, 3.63) is 16.8 Å². The molecule has 0 bridgehead atoms. The molecule has 1 amide bonds. The minimum Gasteiger partial charge on any atom is -0.344 e. The SMILES string of the molecule is C#CCNC(=O)Cn1cn[nH]c1=O. The highest BCUT2D eigenvalue weighted by Crippen LogP contribution is 1.75. The van der Waals surface area contributed by atoms with E-state index in [0.29, 0.717) is 0 Å². The van der Waals surface area contributed by atoms with E-state index in [2.05, 4.69) is 21.4 Å². The first kappa shape index (κ1) is 9.06. The highest BCUT2D eigenvalue weighted by atomic mass is 16.2. The van der Waals surface area contributed by atoms with Crippen LogP contribution < -0.4 is 11.0 Å². The Hall–Kier alpha value is -2.03. The van der Waals surface area contributed by atoms with E-state index >= 15 is 0 Å². The van der Waals surface area contributed by atoms with Gasteiger partial charge in [0.25, 0.3) is 0 Å². The van der Waals surface area contributed by atoms with E-state index in [1.807, 2.05) is 0 Å². The minimum absolute atomic E-state index is 0.0724. The molecule has 6 heteroatoms. The number of H-pyrrole nitrogens is 1. The lowest BCUT2D eigenvalue weighted by atomic mass is 10.5. The van der Waals surface area contributed by atoms with Crippen molar-refractivity contribution in [3.8, 4) is 12.3 Å². The third-order valence-corrected chi connectivity index (χ3v) is 1.32. The molecule has 1 heterocycles. The highest BCUT2D eigenvalue weighted by Gasteiger charge is 2.03. The third kappa shape index (κ3) is 2.48. The lowest BCUT2D eigenvalue weighted by Gasteiger charge is -1.99. The van der Waals surface area contributed by atoms with Crippen LogP contribution in [-0.4, -0.2) is 27.2 Å². The molecule has 13 heavy (non-hydrogen) atoms. The Labute approximate surface area is 74.0 Å². The van der Waals surface area contributed by atoms with Crippen LogP contribution in [0, 0.1) is 12.3 Å². The number of hydrogen-bond donors (Lipinski definition) is 2. The molecular weight excluding hydrogens is 172 g/mol. The van der Waals surface area contributed by atoms with Gasteiger partial charge in [-0.1, -0.05) is 5.92 Å². The molecule has 1 aromatic rings. The number of aromatic amines is 1. The van der Waals surface area contributed by atoms with Gasteiger partial charge < -0.3 is 5.32 Å². The summed E-state index contributed by atoms with van der Waals surface area (Å²) in [5.74, 6) is 1.93. The second-order valence-electron chi connectivity index (χ2n) is 2.27. The molecule has 0 aliphatic carbocycles. The zero-order valence-corrected chi connectivity index (χ0v) is 6.78. The Morgan fingerprint density at radius 3 is 3.15 bits per heavy atom. The van der Waals surface area contributed by atoms with E-state index in [0.717, 1.165) is 4.57 Å². The summed E-state index contributed by atoms with van der Waals surface area (Å²) in [7, 11) is 0. The summed E-state index contributed by atoms with van der Waals surface area (Å²) < 4.78 is 1.14. The van der Waals surface area contributed by atoms with Gasteiger partial charge in [-0.05, 0) is 0 Å². The lowest BCUT2D eigenvalue weighted by molar-refractivity contribution is -0.121. The van der Waals surface area contributed by atoms with Crippen molar-refractivity contribution in [3.63, 3.8) is 0 Å². The van der Waals surface area contributed by atoms with Crippen molar-refractivity contribution < 1.29 is 4.79 Å². The van der Waals surface area contributed by atoms with Gasteiger partial charge in [0.15, 0.2) is 0 Å². The quantitative estimate of drug-likeness (QED) is 0.545. The third-order valence-electron chi connectivity index (χ3n) is 1.32. The van der Waals surface area contributed by atoms with Crippen LogP contribution >= 0.6 is 0 Å². The molecule has 0 aliphatic heterocycles. The van der Waals surface area contributed by atoms with E-state index < -0.39 is 5.69 Å². The summed E-state index contributed by atoms with van der Waals surface area (Å²) in [6.07, 6.45) is 6.18.